The summed E-state index contributed by atoms with van der Waals surface area (Å²) in [5.41, 5.74) is 8.78. The van der Waals surface area contributed by atoms with Crippen molar-refractivity contribution in [1.82, 2.24) is 9.88 Å². The summed E-state index contributed by atoms with van der Waals surface area (Å²) in [5.74, 6) is 0.626. The van der Waals surface area contributed by atoms with E-state index in [1.54, 1.807) is 0 Å². The Hall–Kier alpha value is -2.64. The molecule has 0 radical (unpaired) electrons. The van der Waals surface area contributed by atoms with Crippen molar-refractivity contribution < 1.29 is 4.79 Å². The number of aryl methyl sites for hydroxylation is 2. The van der Waals surface area contributed by atoms with E-state index in [1.165, 1.54) is 55.3 Å². The second-order valence-corrected chi connectivity index (χ2v) is 12.3. The van der Waals surface area contributed by atoms with Gasteiger partial charge in [0.05, 0.1) is 0 Å². The van der Waals surface area contributed by atoms with Gasteiger partial charge in [0.1, 0.15) is 0 Å². The van der Waals surface area contributed by atoms with E-state index in [4.69, 9.17) is 0 Å². The number of benzene rings is 3. The van der Waals surface area contributed by atoms with Crippen LogP contribution in [0.1, 0.15) is 55.7 Å². The van der Waals surface area contributed by atoms with E-state index in [9.17, 15) is 4.79 Å². The van der Waals surface area contributed by atoms with Gasteiger partial charge >= 0.3 is 0 Å². The van der Waals surface area contributed by atoms with Crippen molar-refractivity contribution in [2.75, 3.05) is 25.0 Å². The SMILES string of the molecule is Cc1ccc2[nH]c(-c3ccc(I)cc3)c(CCCN3CCC(c4cccc(NC(=O)C(C)C)c4)CC3)c2c1. The van der Waals surface area contributed by atoms with Crippen LogP contribution < -0.4 is 5.32 Å². The maximum absolute atomic E-state index is 12.1. The molecule has 3 aromatic carbocycles. The number of anilines is 1. The van der Waals surface area contributed by atoms with Gasteiger partial charge in [-0.25, -0.2) is 0 Å². The molecule has 4 nitrogen and oxygen atoms in total. The maximum atomic E-state index is 12.1. The third kappa shape index (κ3) is 6.32. The normalized spacial score (nSPS) is 14.9. The lowest BCUT2D eigenvalue weighted by Crippen LogP contribution is -2.33. The highest BCUT2D eigenvalue weighted by molar-refractivity contribution is 14.1. The summed E-state index contributed by atoms with van der Waals surface area (Å²) in [7, 11) is 0. The van der Waals surface area contributed by atoms with Crippen molar-refractivity contribution >= 4 is 45.1 Å². The molecule has 5 heteroatoms. The van der Waals surface area contributed by atoms with Crippen LogP contribution in [0.5, 0.6) is 0 Å². The molecular formula is C33H38IN3O. The van der Waals surface area contributed by atoms with Gasteiger partial charge in [0.2, 0.25) is 5.91 Å². The third-order valence-corrected chi connectivity index (χ3v) is 8.55. The molecule has 1 aliphatic heterocycles. The number of amides is 1. The molecule has 198 valence electrons. The lowest BCUT2D eigenvalue weighted by atomic mass is 9.89. The van der Waals surface area contributed by atoms with Crippen LogP contribution >= 0.6 is 22.6 Å². The van der Waals surface area contributed by atoms with E-state index in [2.05, 4.69) is 105 Å². The molecule has 1 amide bonds. The average molecular weight is 620 g/mol. The fourth-order valence-electron chi connectivity index (χ4n) is 5.61. The number of nitrogens with zero attached hydrogens (tertiary/aromatic N) is 1. The lowest BCUT2D eigenvalue weighted by molar-refractivity contribution is -0.118. The van der Waals surface area contributed by atoms with Crippen molar-refractivity contribution in [2.24, 2.45) is 5.92 Å². The van der Waals surface area contributed by atoms with Crippen LogP contribution in [0.3, 0.4) is 0 Å². The van der Waals surface area contributed by atoms with Crippen molar-refractivity contribution in [3.8, 4) is 11.3 Å². The predicted octanol–water partition coefficient (Wildman–Crippen LogP) is 8.15. The first-order chi connectivity index (χ1) is 18.4. The Morgan fingerprint density at radius 3 is 2.55 bits per heavy atom. The number of hydrogen-bond donors (Lipinski definition) is 2. The van der Waals surface area contributed by atoms with Crippen molar-refractivity contribution in [1.29, 1.82) is 0 Å². The number of rotatable bonds is 8. The molecule has 0 unspecified atom stereocenters. The molecule has 5 rings (SSSR count). The number of halogens is 1. The minimum absolute atomic E-state index is 0.0113. The second kappa shape index (κ2) is 12.0. The highest BCUT2D eigenvalue weighted by Crippen LogP contribution is 2.33. The molecule has 38 heavy (non-hydrogen) atoms. The van der Waals surface area contributed by atoms with Crippen molar-refractivity contribution in [2.45, 2.75) is 52.4 Å². The summed E-state index contributed by atoms with van der Waals surface area (Å²) in [6.07, 6.45) is 4.56. The van der Waals surface area contributed by atoms with Crippen molar-refractivity contribution in [3.05, 3.63) is 87.0 Å². The number of fused-ring (bicyclic) bond motifs is 1. The van der Waals surface area contributed by atoms with E-state index in [1.807, 2.05) is 19.9 Å². The number of nitrogens with one attached hydrogen (secondary N) is 2. The summed E-state index contributed by atoms with van der Waals surface area (Å²) < 4.78 is 1.26. The van der Waals surface area contributed by atoms with E-state index < -0.39 is 0 Å². The van der Waals surface area contributed by atoms with Crippen LogP contribution in [-0.2, 0) is 11.2 Å². The fraction of sp³-hybridized carbons (Fsp3) is 0.364. The van der Waals surface area contributed by atoms with Crippen LogP contribution in [0, 0.1) is 16.4 Å². The minimum atomic E-state index is -0.0113. The van der Waals surface area contributed by atoms with Gasteiger partial charge in [0.15, 0.2) is 0 Å². The van der Waals surface area contributed by atoms with Gasteiger partial charge in [-0.3, -0.25) is 4.79 Å². The van der Waals surface area contributed by atoms with Crippen LogP contribution in [-0.4, -0.2) is 35.4 Å². The summed E-state index contributed by atoms with van der Waals surface area (Å²) in [4.78, 5) is 18.5. The first-order valence-electron chi connectivity index (χ1n) is 13.9. The molecule has 0 bridgehead atoms. The molecule has 2 N–H and O–H groups in total. The Morgan fingerprint density at radius 2 is 1.82 bits per heavy atom. The van der Waals surface area contributed by atoms with Crippen LogP contribution in [0.4, 0.5) is 5.69 Å². The molecule has 1 saturated heterocycles. The number of aromatic nitrogens is 1. The molecule has 0 saturated carbocycles. The Balaban J connectivity index is 1.21. The largest absolute Gasteiger partial charge is 0.354 e. The van der Waals surface area contributed by atoms with E-state index in [-0.39, 0.29) is 11.8 Å². The summed E-state index contributed by atoms with van der Waals surface area (Å²) in [6, 6.07) is 24.1. The van der Waals surface area contributed by atoms with Gasteiger partial charge < -0.3 is 15.2 Å². The summed E-state index contributed by atoms with van der Waals surface area (Å²) >= 11 is 2.37. The number of hydrogen-bond acceptors (Lipinski definition) is 2. The zero-order valence-corrected chi connectivity index (χ0v) is 24.8. The monoisotopic (exact) mass is 619 g/mol. The zero-order valence-electron chi connectivity index (χ0n) is 22.7. The Morgan fingerprint density at radius 1 is 1.05 bits per heavy atom. The Kier molecular flexibility index (Phi) is 8.54. The molecule has 4 aromatic rings. The van der Waals surface area contributed by atoms with Gasteiger partial charge in [0.25, 0.3) is 0 Å². The van der Waals surface area contributed by atoms with Gasteiger partial charge in [0, 0.05) is 31.8 Å². The number of piperidine rings is 1. The Bertz CT molecular complexity index is 1400. The first kappa shape index (κ1) is 26.9. The topological polar surface area (TPSA) is 48.1 Å². The quantitative estimate of drug-likeness (QED) is 0.196. The minimum Gasteiger partial charge on any atom is -0.354 e. The van der Waals surface area contributed by atoms with Gasteiger partial charge in [-0.1, -0.05) is 49.7 Å². The molecule has 1 fully saturated rings. The van der Waals surface area contributed by atoms with Crippen molar-refractivity contribution in [3.63, 3.8) is 0 Å². The molecule has 2 heterocycles. The Labute approximate surface area is 240 Å². The number of aromatic amines is 1. The lowest BCUT2D eigenvalue weighted by Gasteiger charge is -2.32. The highest BCUT2D eigenvalue weighted by Gasteiger charge is 2.21. The number of H-pyrrole nitrogens is 1. The highest BCUT2D eigenvalue weighted by atomic mass is 127. The standard InChI is InChI=1S/C33H38IN3O/c1-22(2)33(38)35-28-7-4-6-26(21-28)24-15-18-37(19-16-24)17-5-8-29-30-20-23(3)9-14-31(30)36-32(29)25-10-12-27(34)13-11-25/h4,6-7,9-14,20-22,24,36H,5,8,15-19H2,1-3H3,(H,35,38). The van der Waals surface area contributed by atoms with Crippen LogP contribution in [0.15, 0.2) is 66.7 Å². The first-order valence-corrected chi connectivity index (χ1v) is 15.0. The smallest absolute Gasteiger partial charge is 0.226 e. The number of likely N-dealkylation sites (tertiary alicyclic amines) is 1. The average Bonchev–Trinajstić information content (AvgIpc) is 3.27. The zero-order chi connectivity index (χ0) is 26.6. The summed E-state index contributed by atoms with van der Waals surface area (Å²) in [6.45, 7) is 9.42. The molecule has 0 aliphatic carbocycles. The van der Waals surface area contributed by atoms with E-state index in [0.717, 1.165) is 38.2 Å². The van der Waals surface area contributed by atoms with E-state index >= 15 is 0 Å². The molecule has 1 aliphatic rings. The molecule has 0 spiro atoms. The summed E-state index contributed by atoms with van der Waals surface area (Å²) in [5, 5.41) is 4.42. The van der Waals surface area contributed by atoms with Crippen LogP contribution in [0.25, 0.3) is 22.2 Å². The maximum Gasteiger partial charge on any atom is 0.226 e. The molecule has 0 atom stereocenters. The molecule has 1 aromatic heterocycles. The second-order valence-electron chi connectivity index (χ2n) is 11.0. The third-order valence-electron chi connectivity index (χ3n) is 7.83. The van der Waals surface area contributed by atoms with Gasteiger partial charge in [-0.15, -0.1) is 0 Å². The predicted molar refractivity (Wildman–Crippen MR) is 168 cm³/mol. The number of carbonyl (C=O) groups excluding carboxylic acids is 1. The molecular weight excluding hydrogens is 581 g/mol. The fourth-order valence-corrected chi connectivity index (χ4v) is 5.97. The van der Waals surface area contributed by atoms with Gasteiger partial charge in [-0.2, -0.15) is 0 Å². The van der Waals surface area contributed by atoms with E-state index in [0.29, 0.717) is 5.92 Å². The van der Waals surface area contributed by atoms with Gasteiger partial charge in [-0.05, 0) is 134 Å². The van der Waals surface area contributed by atoms with Crippen LogP contribution in [0.2, 0.25) is 0 Å². The number of carbonyl (C=O) groups is 1.